The van der Waals surface area contributed by atoms with Crippen LogP contribution in [0.25, 0.3) is 0 Å². The molecule has 5 heteroatoms. The summed E-state index contributed by atoms with van der Waals surface area (Å²) in [5.41, 5.74) is 2.59. The number of likely N-dealkylation sites (N-methyl/N-ethyl adjacent to an activating group) is 1. The van der Waals surface area contributed by atoms with Gasteiger partial charge >= 0.3 is 5.97 Å². The lowest BCUT2D eigenvalue weighted by atomic mass is 10.0. The summed E-state index contributed by atoms with van der Waals surface area (Å²) in [5.74, 6) is 0.00496. The third-order valence-corrected chi connectivity index (χ3v) is 5.71. The van der Waals surface area contributed by atoms with Gasteiger partial charge in [0.1, 0.15) is 0 Å². The van der Waals surface area contributed by atoms with Gasteiger partial charge in [-0.1, -0.05) is 24.3 Å². The molecule has 2 aliphatic rings. The van der Waals surface area contributed by atoms with Crippen molar-refractivity contribution < 1.29 is 14.7 Å². The molecule has 0 spiro atoms. The molecule has 3 atom stereocenters. The second-order valence-electron chi connectivity index (χ2n) is 7.52. The molecule has 1 aliphatic carbocycles. The van der Waals surface area contributed by atoms with E-state index in [-0.39, 0.29) is 24.4 Å². The SMILES string of the molecule is Cc1ccccc1C1CC1C(=O)N1CCCC(N(C)CC(=O)O)CC1. The molecule has 0 aromatic heterocycles. The third kappa shape index (κ3) is 4.21. The molecule has 0 radical (unpaired) electrons. The molecular weight excluding hydrogens is 316 g/mol. The first-order valence-corrected chi connectivity index (χ1v) is 9.23. The lowest BCUT2D eigenvalue weighted by Gasteiger charge is -2.25. The van der Waals surface area contributed by atoms with Crippen LogP contribution in [0.1, 0.15) is 42.7 Å². The monoisotopic (exact) mass is 344 g/mol. The van der Waals surface area contributed by atoms with Gasteiger partial charge in [-0.25, -0.2) is 0 Å². The largest absolute Gasteiger partial charge is 0.480 e. The molecular formula is C20H28N2O3. The highest BCUT2D eigenvalue weighted by atomic mass is 16.4. The maximum Gasteiger partial charge on any atom is 0.317 e. The van der Waals surface area contributed by atoms with Crippen LogP contribution in [0.3, 0.4) is 0 Å². The van der Waals surface area contributed by atoms with Crippen LogP contribution in [0, 0.1) is 12.8 Å². The van der Waals surface area contributed by atoms with Crippen LogP contribution >= 0.6 is 0 Å². The van der Waals surface area contributed by atoms with Crippen LogP contribution in [0.5, 0.6) is 0 Å². The van der Waals surface area contributed by atoms with E-state index in [1.165, 1.54) is 11.1 Å². The van der Waals surface area contributed by atoms with Crippen molar-refractivity contribution in [3.8, 4) is 0 Å². The summed E-state index contributed by atoms with van der Waals surface area (Å²) in [4.78, 5) is 27.7. The predicted molar refractivity (Wildman–Crippen MR) is 96.5 cm³/mol. The normalized spacial score (nSPS) is 26.4. The molecule has 3 unspecified atom stereocenters. The molecule has 0 bridgehead atoms. The first-order chi connectivity index (χ1) is 12.0. The summed E-state index contributed by atoms with van der Waals surface area (Å²) in [7, 11) is 1.87. The smallest absolute Gasteiger partial charge is 0.317 e. The number of likely N-dealkylation sites (tertiary alicyclic amines) is 1. The summed E-state index contributed by atoms with van der Waals surface area (Å²) >= 11 is 0. The Hall–Kier alpha value is -1.88. The van der Waals surface area contributed by atoms with E-state index in [1.807, 2.05) is 22.9 Å². The fourth-order valence-electron chi connectivity index (χ4n) is 4.13. The fraction of sp³-hybridized carbons (Fsp3) is 0.600. The number of hydrogen-bond acceptors (Lipinski definition) is 3. The molecule has 1 amide bonds. The maximum absolute atomic E-state index is 12.9. The second kappa shape index (κ2) is 7.56. The van der Waals surface area contributed by atoms with E-state index in [4.69, 9.17) is 5.11 Å². The fourth-order valence-corrected chi connectivity index (χ4v) is 4.13. The minimum atomic E-state index is -0.793. The summed E-state index contributed by atoms with van der Waals surface area (Å²) < 4.78 is 0. The van der Waals surface area contributed by atoms with E-state index >= 15 is 0 Å². The van der Waals surface area contributed by atoms with Crippen molar-refractivity contribution in [1.29, 1.82) is 0 Å². The quantitative estimate of drug-likeness (QED) is 0.891. The number of rotatable bonds is 5. The number of hydrogen-bond donors (Lipinski definition) is 1. The lowest BCUT2D eigenvalue weighted by Crippen LogP contribution is -2.37. The predicted octanol–water partition coefficient (Wildman–Crippen LogP) is 2.50. The maximum atomic E-state index is 12.9. The Kier molecular flexibility index (Phi) is 5.42. The molecule has 2 fully saturated rings. The highest BCUT2D eigenvalue weighted by molar-refractivity contribution is 5.83. The molecule has 1 saturated heterocycles. The zero-order valence-corrected chi connectivity index (χ0v) is 15.1. The second-order valence-corrected chi connectivity index (χ2v) is 7.52. The molecule has 3 rings (SSSR count). The van der Waals surface area contributed by atoms with E-state index in [0.29, 0.717) is 5.92 Å². The Bertz CT molecular complexity index is 646. The first kappa shape index (κ1) is 17.9. The van der Waals surface area contributed by atoms with Crippen LogP contribution in [0.2, 0.25) is 0 Å². The van der Waals surface area contributed by atoms with Gasteiger partial charge in [0, 0.05) is 25.0 Å². The van der Waals surface area contributed by atoms with Crippen molar-refractivity contribution in [2.45, 2.75) is 44.6 Å². The third-order valence-electron chi connectivity index (χ3n) is 5.71. The Labute approximate surface area is 149 Å². The van der Waals surface area contributed by atoms with Crippen molar-refractivity contribution in [1.82, 2.24) is 9.80 Å². The summed E-state index contributed by atoms with van der Waals surface area (Å²) in [5, 5.41) is 8.96. The van der Waals surface area contributed by atoms with Crippen molar-refractivity contribution in [3.63, 3.8) is 0 Å². The van der Waals surface area contributed by atoms with Crippen LogP contribution in [0.4, 0.5) is 0 Å². The van der Waals surface area contributed by atoms with E-state index in [0.717, 1.165) is 38.8 Å². The van der Waals surface area contributed by atoms with Gasteiger partial charge in [0.2, 0.25) is 5.91 Å². The Morgan fingerprint density at radius 2 is 2.00 bits per heavy atom. The van der Waals surface area contributed by atoms with E-state index in [9.17, 15) is 9.59 Å². The van der Waals surface area contributed by atoms with Gasteiger partial charge in [-0.3, -0.25) is 14.5 Å². The molecule has 1 saturated carbocycles. The number of nitrogens with zero attached hydrogens (tertiary/aromatic N) is 2. The van der Waals surface area contributed by atoms with Gasteiger partial charge in [0.15, 0.2) is 0 Å². The molecule has 1 N–H and O–H groups in total. The number of aliphatic carboxylic acids is 1. The Morgan fingerprint density at radius 3 is 2.72 bits per heavy atom. The average molecular weight is 344 g/mol. The molecule has 5 nitrogen and oxygen atoms in total. The topological polar surface area (TPSA) is 60.9 Å². The number of carboxylic acids is 1. The number of carboxylic acid groups (broad SMARTS) is 1. The molecule has 25 heavy (non-hydrogen) atoms. The van der Waals surface area contributed by atoms with E-state index in [2.05, 4.69) is 25.1 Å². The number of amides is 1. The highest BCUT2D eigenvalue weighted by Crippen LogP contribution is 2.49. The Balaban J connectivity index is 1.56. The molecule has 1 aliphatic heterocycles. The minimum absolute atomic E-state index is 0.0661. The Morgan fingerprint density at radius 1 is 1.24 bits per heavy atom. The lowest BCUT2D eigenvalue weighted by molar-refractivity contribution is -0.138. The first-order valence-electron chi connectivity index (χ1n) is 9.23. The summed E-state index contributed by atoms with van der Waals surface area (Å²) in [6.45, 7) is 3.72. The molecule has 136 valence electrons. The van der Waals surface area contributed by atoms with Gasteiger partial charge in [-0.2, -0.15) is 0 Å². The van der Waals surface area contributed by atoms with Crippen molar-refractivity contribution in [2.75, 3.05) is 26.7 Å². The minimum Gasteiger partial charge on any atom is -0.480 e. The van der Waals surface area contributed by atoms with Gasteiger partial charge in [0.25, 0.3) is 0 Å². The van der Waals surface area contributed by atoms with Gasteiger partial charge in [-0.15, -0.1) is 0 Å². The van der Waals surface area contributed by atoms with Crippen LogP contribution < -0.4 is 0 Å². The summed E-state index contributed by atoms with van der Waals surface area (Å²) in [6, 6.07) is 8.61. The van der Waals surface area contributed by atoms with Crippen molar-refractivity contribution >= 4 is 11.9 Å². The van der Waals surface area contributed by atoms with E-state index < -0.39 is 5.97 Å². The highest BCUT2D eigenvalue weighted by Gasteiger charge is 2.46. The zero-order valence-electron chi connectivity index (χ0n) is 15.1. The van der Waals surface area contributed by atoms with Crippen molar-refractivity contribution in [3.05, 3.63) is 35.4 Å². The van der Waals surface area contributed by atoms with E-state index in [1.54, 1.807) is 0 Å². The van der Waals surface area contributed by atoms with Crippen molar-refractivity contribution in [2.24, 2.45) is 5.92 Å². The van der Waals surface area contributed by atoms with Gasteiger partial charge in [0.05, 0.1) is 6.54 Å². The zero-order chi connectivity index (χ0) is 18.0. The molecule has 1 heterocycles. The number of aryl methyl sites for hydroxylation is 1. The van der Waals surface area contributed by atoms with Crippen LogP contribution in [-0.4, -0.2) is 59.5 Å². The average Bonchev–Trinajstić information content (AvgIpc) is 3.37. The standard InChI is InChI=1S/C20H28N2O3/c1-14-6-3-4-8-16(14)17-12-18(17)20(25)22-10-5-7-15(9-11-22)21(2)13-19(23)24/h3-4,6,8,15,17-18H,5,7,9-13H2,1-2H3,(H,23,24). The van der Waals surface area contributed by atoms with Crippen LogP contribution in [-0.2, 0) is 9.59 Å². The van der Waals surface area contributed by atoms with Gasteiger partial charge in [-0.05, 0) is 56.7 Å². The molecule has 1 aromatic carbocycles. The number of carbonyl (C=O) groups is 2. The summed E-state index contributed by atoms with van der Waals surface area (Å²) in [6.07, 6.45) is 3.72. The van der Waals surface area contributed by atoms with Crippen LogP contribution in [0.15, 0.2) is 24.3 Å². The van der Waals surface area contributed by atoms with Gasteiger partial charge < -0.3 is 10.0 Å². The molecule has 1 aromatic rings. The number of carbonyl (C=O) groups excluding carboxylic acids is 1. The number of benzene rings is 1.